The first kappa shape index (κ1) is 14.5. The third kappa shape index (κ3) is 2.65. The zero-order valence-corrected chi connectivity index (χ0v) is 13.5. The molecule has 1 aliphatic carbocycles. The smallest absolute Gasteiger partial charge is 0.255 e. The zero-order chi connectivity index (χ0) is 15.8. The van der Waals surface area contributed by atoms with E-state index in [2.05, 4.69) is 5.32 Å². The highest BCUT2D eigenvalue weighted by Crippen LogP contribution is 2.38. The van der Waals surface area contributed by atoms with E-state index in [-0.39, 0.29) is 23.9 Å². The number of thiophene rings is 1. The average Bonchev–Trinajstić information content (AvgIpc) is 3.31. The van der Waals surface area contributed by atoms with Gasteiger partial charge in [-0.1, -0.05) is 18.2 Å². The van der Waals surface area contributed by atoms with E-state index in [1.54, 1.807) is 0 Å². The minimum atomic E-state index is -0.0499. The Morgan fingerprint density at radius 3 is 2.61 bits per heavy atom. The maximum Gasteiger partial charge on any atom is 0.255 e. The summed E-state index contributed by atoms with van der Waals surface area (Å²) in [5, 5.41) is 6.95. The fraction of sp³-hybridized carbons (Fsp3) is 0.333. The first-order chi connectivity index (χ1) is 11.2. The van der Waals surface area contributed by atoms with E-state index in [9.17, 15) is 9.59 Å². The van der Waals surface area contributed by atoms with Gasteiger partial charge in [-0.15, -0.1) is 0 Å². The Bertz CT molecular complexity index is 714. The van der Waals surface area contributed by atoms with Gasteiger partial charge in [-0.3, -0.25) is 9.59 Å². The molecule has 4 rings (SSSR count). The van der Waals surface area contributed by atoms with Crippen LogP contribution in [0.4, 0.5) is 0 Å². The monoisotopic (exact) mass is 326 g/mol. The number of hydrogen-bond acceptors (Lipinski definition) is 3. The van der Waals surface area contributed by atoms with E-state index in [1.165, 1.54) is 11.3 Å². The highest BCUT2D eigenvalue weighted by atomic mass is 32.1. The molecule has 3 unspecified atom stereocenters. The third-order valence-electron chi connectivity index (χ3n) is 4.86. The summed E-state index contributed by atoms with van der Waals surface area (Å²) in [6.07, 6.45) is 1.96. The molecule has 1 aromatic carbocycles. The molecule has 1 saturated heterocycles. The van der Waals surface area contributed by atoms with Gasteiger partial charge in [0.25, 0.3) is 11.8 Å². The molecule has 2 aliphatic rings. The standard InChI is InChI=1S/C18H18N2O2S/c21-17(13-4-2-1-3-5-13)19-15-8-12-9-16(15)20(10-12)18(22)14-6-7-23-11-14/h1-7,11-12,15-16H,8-10H2,(H,19,21). The molecule has 3 atom stereocenters. The number of likely N-dealkylation sites (tertiary alicyclic amines) is 1. The highest BCUT2D eigenvalue weighted by Gasteiger charge is 2.47. The minimum Gasteiger partial charge on any atom is -0.347 e. The second-order valence-corrected chi connectivity index (χ2v) is 7.10. The van der Waals surface area contributed by atoms with E-state index in [0.717, 1.165) is 24.9 Å². The lowest BCUT2D eigenvalue weighted by Gasteiger charge is -2.33. The molecule has 1 N–H and O–H groups in total. The maximum atomic E-state index is 12.6. The molecule has 1 aliphatic heterocycles. The van der Waals surface area contributed by atoms with Gasteiger partial charge in [0.2, 0.25) is 0 Å². The molecule has 2 aromatic rings. The van der Waals surface area contributed by atoms with Crippen molar-refractivity contribution in [2.75, 3.05) is 6.54 Å². The minimum absolute atomic E-state index is 0.0499. The van der Waals surface area contributed by atoms with Gasteiger partial charge in [0.05, 0.1) is 11.6 Å². The number of carbonyl (C=O) groups excluding carboxylic acids is 2. The van der Waals surface area contributed by atoms with Crippen LogP contribution in [-0.2, 0) is 0 Å². The van der Waals surface area contributed by atoms with E-state index in [4.69, 9.17) is 0 Å². The van der Waals surface area contributed by atoms with Gasteiger partial charge < -0.3 is 10.2 Å². The molecule has 0 radical (unpaired) electrons. The van der Waals surface area contributed by atoms with Crippen LogP contribution in [0.5, 0.6) is 0 Å². The molecule has 4 nitrogen and oxygen atoms in total. The first-order valence-corrected chi connectivity index (χ1v) is 8.86. The van der Waals surface area contributed by atoms with Gasteiger partial charge in [-0.05, 0) is 42.3 Å². The topological polar surface area (TPSA) is 49.4 Å². The van der Waals surface area contributed by atoms with Gasteiger partial charge in [0.1, 0.15) is 0 Å². The molecule has 5 heteroatoms. The van der Waals surface area contributed by atoms with E-state index >= 15 is 0 Å². The van der Waals surface area contributed by atoms with Crippen molar-refractivity contribution >= 4 is 23.2 Å². The number of nitrogens with zero attached hydrogens (tertiary/aromatic N) is 1. The molecule has 2 bridgehead atoms. The lowest BCUT2D eigenvalue weighted by Crippen LogP contribution is -2.51. The lowest BCUT2D eigenvalue weighted by molar-refractivity contribution is 0.0649. The molecule has 118 valence electrons. The predicted molar refractivity (Wildman–Crippen MR) is 89.6 cm³/mol. The van der Waals surface area contributed by atoms with E-state index < -0.39 is 0 Å². The van der Waals surface area contributed by atoms with Gasteiger partial charge in [0.15, 0.2) is 0 Å². The van der Waals surface area contributed by atoms with E-state index in [1.807, 2.05) is 52.1 Å². The molecule has 0 spiro atoms. The van der Waals surface area contributed by atoms with Gasteiger partial charge in [0, 0.05) is 23.5 Å². The number of carbonyl (C=O) groups is 2. The predicted octanol–water partition coefficient (Wildman–Crippen LogP) is 2.78. The SMILES string of the molecule is O=C(NC1CC2CC1N(C(=O)c1ccsc1)C2)c1ccccc1. The summed E-state index contributed by atoms with van der Waals surface area (Å²) >= 11 is 1.54. The largest absolute Gasteiger partial charge is 0.347 e. The summed E-state index contributed by atoms with van der Waals surface area (Å²) in [5.41, 5.74) is 1.43. The van der Waals surface area contributed by atoms with Crippen molar-refractivity contribution in [3.63, 3.8) is 0 Å². The van der Waals surface area contributed by atoms with Crippen LogP contribution in [0.25, 0.3) is 0 Å². The van der Waals surface area contributed by atoms with Crippen LogP contribution in [0.2, 0.25) is 0 Å². The number of hydrogen-bond donors (Lipinski definition) is 1. The maximum absolute atomic E-state index is 12.6. The van der Waals surface area contributed by atoms with Crippen molar-refractivity contribution in [2.24, 2.45) is 5.92 Å². The fourth-order valence-electron chi connectivity index (χ4n) is 3.81. The van der Waals surface area contributed by atoms with Gasteiger partial charge in [-0.25, -0.2) is 0 Å². The van der Waals surface area contributed by atoms with Crippen LogP contribution in [-0.4, -0.2) is 35.3 Å². The van der Waals surface area contributed by atoms with Crippen LogP contribution < -0.4 is 5.32 Å². The van der Waals surface area contributed by atoms with Crippen molar-refractivity contribution in [1.29, 1.82) is 0 Å². The highest BCUT2D eigenvalue weighted by molar-refractivity contribution is 7.08. The summed E-state index contributed by atoms with van der Waals surface area (Å²) in [4.78, 5) is 26.9. The van der Waals surface area contributed by atoms with Crippen LogP contribution in [0.3, 0.4) is 0 Å². The Balaban J connectivity index is 1.47. The number of piperidine rings is 1. The van der Waals surface area contributed by atoms with Crippen molar-refractivity contribution in [1.82, 2.24) is 10.2 Å². The molecule has 2 fully saturated rings. The van der Waals surface area contributed by atoms with Crippen molar-refractivity contribution in [3.8, 4) is 0 Å². The third-order valence-corrected chi connectivity index (χ3v) is 5.55. The Hall–Kier alpha value is -2.14. The zero-order valence-electron chi connectivity index (χ0n) is 12.6. The molecule has 2 heterocycles. The number of fused-ring (bicyclic) bond motifs is 2. The summed E-state index contributed by atoms with van der Waals surface area (Å²) in [6, 6.07) is 11.3. The van der Waals surface area contributed by atoms with Crippen LogP contribution in [0, 0.1) is 5.92 Å². The summed E-state index contributed by atoms with van der Waals surface area (Å²) in [6.45, 7) is 0.817. The van der Waals surface area contributed by atoms with Crippen molar-refractivity contribution < 1.29 is 9.59 Å². The number of rotatable bonds is 3. The van der Waals surface area contributed by atoms with Crippen LogP contribution in [0.15, 0.2) is 47.2 Å². The molecule has 2 amide bonds. The molecular weight excluding hydrogens is 308 g/mol. The van der Waals surface area contributed by atoms with Gasteiger partial charge in [-0.2, -0.15) is 11.3 Å². The van der Waals surface area contributed by atoms with Crippen molar-refractivity contribution in [2.45, 2.75) is 24.9 Å². The van der Waals surface area contributed by atoms with E-state index in [0.29, 0.717) is 11.5 Å². The summed E-state index contributed by atoms with van der Waals surface area (Å²) in [5.74, 6) is 0.548. The number of benzene rings is 1. The molecular formula is C18H18N2O2S. The summed E-state index contributed by atoms with van der Waals surface area (Å²) < 4.78 is 0. The number of nitrogens with one attached hydrogen (secondary N) is 1. The Kier molecular flexibility index (Phi) is 3.65. The van der Waals surface area contributed by atoms with Crippen LogP contribution >= 0.6 is 11.3 Å². The normalized spacial score (nSPS) is 25.6. The van der Waals surface area contributed by atoms with Gasteiger partial charge >= 0.3 is 0 Å². The Labute approximate surface area is 139 Å². The Morgan fingerprint density at radius 1 is 1.09 bits per heavy atom. The average molecular weight is 326 g/mol. The van der Waals surface area contributed by atoms with Crippen LogP contribution in [0.1, 0.15) is 33.6 Å². The molecule has 1 aromatic heterocycles. The lowest BCUT2D eigenvalue weighted by atomic mass is 10.0. The fourth-order valence-corrected chi connectivity index (χ4v) is 4.44. The molecule has 1 saturated carbocycles. The quantitative estimate of drug-likeness (QED) is 0.943. The first-order valence-electron chi connectivity index (χ1n) is 7.91. The second kappa shape index (κ2) is 5.81. The second-order valence-electron chi connectivity index (χ2n) is 6.32. The number of amides is 2. The van der Waals surface area contributed by atoms with Crippen molar-refractivity contribution in [3.05, 3.63) is 58.3 Å². The molecule has 23 heavy (non-hydrogen) atoms. The Morgan fingerprint density at radius 2 is 1.91 bits per heavy atom. The summed E-state index contributed by atoms with van der Waals surface area (Å²) in [7, 11) is 0.